The lowest BCUT2D eigenvalue weighted by Gasteiger charge is -2.08. The molecule has 3 heteroatoms. The van der Waals surface area contributed by atoms with Crippen LogP contribution < -0.4 is 0 Å². The summed E-state index contributed by atoms with van der Waals surface area (Å²) in [7, 11) is 0. The monoisotopic (exact) mass is 140 g/mol. The highest BCUT2D eigenvalue weighted by atomic mass is 17.2. The molecule has 0 aliphatic carbocycles. The van der Waals surface area contributed by atoms with Crippen LogP contribution in [-0.2, 0) is 14.5 Å². The Kier molecular flexibility index (Phi) is 1.45. The van der Waals surface area contributed by atoms with Gasteiger partial charge < -0.3 is 4.74 Å². The third-order valence-corrected chi connectivity index (χ3v) is 1.52. The lowest BCUT2D eigenvalue weighted by atomic mass is 10.2. The molecule has 0 aromatic carbocycles. The van der Waals surface area contributed by atoms with Crippen molar-refractivity contribution in [3.8, 4) is 0 Å². The molecule has 0 bridgehead atoms. The third kappa shape index (κ3) is 0.936. The Morgan fingerprint density at radius 2 is 2.30 bits per heavy atom. The highest BCUT2D eigenvalue weighted by Crippen LogP contribution is 2.17. The first-order valence-corrected chi connectivity index (χ1v) is 3.24. The van der Waals surface area contributed by atoms with Crippen molar-refractivity contribution in [1.82, 2.24) is 0 Å². The minimum atomic E-state index is -0.0324. The van der Waals surface area contributed by atoms with Crippen LogP contribution in [0.4, 0.5) is 0 Å². The van der Waals surface area contributed by atoms with Gasteiger partial charge in [-0.3, -0.25) is 0 Å². The highest BCUT2D eigenvalue weighted by molar-refractivity contribution is 5.08. The number of hydrogen-bond acceptors (Lipinski definition) is 3. The van der Waals surface area contributed by atoms with E-state index in [1.54, 1.807) is 6.26 Å². The number of rotatable bonds is 0. The van der Waals surface area contributed by atoms with Crippen LogP contribution in [0.3, 0.4) is 0 Å². The molecule has 0 amide bonds. The molecule has 2 aliphatic rings. The molecular weight excluding hydrogens is 132 g/mol. The lowest BCUT2D eigenvalue weighted by Crippen LogP contribution is -2.21. The van der Waals surface area contributed by atoms with Gasteiger partial charge in [0.1, 0.15) is 6.61 Å². The minimum Gasteiger partial charge on any atom is -0.492 e. The predicted octanol–water partition coefficient (Wildman–Crippen LogP) is 0.785. The maximum Gasteiger partial charge on any atom is 0.157 e. The van der Waals surface area contributed by atoms with Crippen molar-refractivity contribution >= 4 is 0 Å². The molecule has 1 fully saturated rings. The second kappa shape index (κ2) is 2.44. The molecule has 0 aromatic rings. The molecule has 1 saturated heterocycles. The van der Waals surface area contributed by atoms with E-state index in [9.17, 15) is 0 Å². The van der Waals surface area contributed by atoms with Crippen molar-refractivity contribution in [2.75, 3.05) is 6.61 Å². The summed E-state index contributed by atoms with van der Waals surface area (Å²) in [5, 5.41) is 0. The van der Waals surface area contributed by atoms with E-state index in [-0.39, 0.29) is 12.2 Å². The summed E-state index contributed by atoms with van der Waals surface area (Å²) >= 11 is 0. The van der Waals surface area contributed by atoms with E-state index in [0.29, 0.717) is 6.61 Å². The van der Waals surface area contributed by atoms with Crippen LogP contribution in [0.2, 0.25) is 0 Å². The SMILES string of the molecule is C1=CO[C@@H]2COO[C@H]2C=C1. The van der Waals surface area contributed by atoms with Crippen LogP contribution in [0.25, 0.3) is 0 Å². The maximum absolute atomic E-state index is 5.23. The van der Waals surface area contributed by atoms with Crippen molar-refractivity contribution < 1.29 is 14.5 Å². The first-order chi connectivity index (χ1) is 4.97. The van der Waals surface area contributed by atoms with E-state index in [1.165, 1.54) is 0 Å². The van der Waals surface area contributed by atoms with Gasteiger partial charge in [-0.15, -0.1) is 0 Å². The van der Waals surface area contributed by atoms with Crippen LogP contribution in [0.5, 0.6) is 0 Å². The fourth-order valence-corrected chi connectivity index (χ4v) is 0.980. The van der Waals surface area contributed by atoms with Crippen LogP contribution >= 0.6 is 0 Å². The lowest BCUT2D eigenvalue weighted by molar-refractivity contribution is -0.265. The number of fused-ring (bicyclic) bond motifs is 1. The third-order valence-electron chi connectivity index (χ3n) is 1.52. The second-order valence-corrected chi connectivity index (χ2v) is 2.23. The smallest absolute Gasteiger partial charge is 0.157 e. The van der Waals surface area contributed by atoms with Crippen molar-refractivity contribution in [2.45, 2.75) is 12.2 Å². The minimum absolute atomic E-state index is 0.0324. The first kappa shape index (κ1) is 5.95. The molecular formula is C7H8O3. The Morgan fingerprint density at radius 1 is 1.30 bits per heavy atom. The molecule has 0 unspecified atom stereocenters. The molecule has 0 radical (unpaired) electrons. The zero-order chi connectivity index (χ0) is 6.81. The van der Waals surface area contributed by atoms with Crippen LogP contribution in [0, 0.1) is 0 Å². The van der Waals surface area contributed by atoms with Gasteiger partial charge in [-0.1, -0.05) is 6.08 Å². The Balaban J connectivity index is 2.12. The van der Waals surface area contributed by atoms with Gasteiger partial charge in [0, 0.05) is 0 Å². The molecule has 2 atom stereocenters. The molecule has 0 N–H and O–H groups in total. The standard InChI is InChI=1S/C7H8O3/c1-2-4-8-7-5-9-10-6(7)3-1/h1-4,6-7H,5H2/t6-,7+/m0/s1. The largest absolute Gasteiger partial charge is 0.492 e. The van der Waals surface area contributed by atoms with Gasteiger partial charge in [0.25, 0.3) is 0 Å². The van der Waals surface area contributed by atoms with E-state index >= 15 is 0 Å². The molecule has 10 heavy (non-hydrogen) atoms. The van der Waals surface area contributed by atoms with Gasteiger partial charge >= 0.3 is 0 Å². The van der Waals surface area contributed by atoms with Crippen LogP contribution in [-0.4, -0.2) is 18.8 Å². The summed E-state index contributed by atoms with van der Waals surface area (Å²) in [6.45, 7) is 0.513. The number of hydrogen-bond donors (Lipinski definition) is 0. The fraction of sp³-hybridized carbons (Fsp3) is 0.429. The molecule has 3 nitrogen and oxygen atoms in total. The summed E-state index contributed by atoms with van der Waals surface area (Å²) in [6.07, 6.45) is 7.30. The van der Waals surface area contributed by atoms with E-state index in [2.05, 4.69) is 0 Å². The zero-order valence-corrected chi connectivity index (χ0v) is 5.40. The molecule has 2 heterocycles. The molecule has 0 spiro atoms. The average Bonchev–Trinajstić information content (AvgIpc) is 2.28. The molecule has 54 valence electrons. The first-order valence-electron chi connectivity index (χ1n) is 3.24. The molecule has 2 rings (SSSR count). The molecule has 0 saturated carbocycles. The van der Waals surface area contributed by atoms with Crippen molar-refractivity contribution in [3.05, 3.63) is 24.5 Å². The summed E-state index contributed by atoms with van der Waals surface area (Å²) in [6, 6.07) is 0. The van der Waals surface area contributed by atoms with E-state index in [1.807, 2.05) is 18.2 Å². The van der Waals surface area contributed by atoms with Crippen LogP contribution in [0.1, 0.15) is 0 Å². The topological polar surface area (TPSA) is 27.7 Å². The highest BCUT2D eigenvalue weighted by Gasteiger charge is 2.29. The number of allylic oxidation sites excluding steroid dienone is 2. The Bertz CT molecular complexity index is 174. The second-order valence-electron chi connectivity index (χ2n) is 2.23. The van der Waals surface area contributed by atoms with Crippen molar-refractivity contribution in [3.63, 3.8) is 0 Å². The Labute approximate surface area is 58.8 Å². The van der Waals surface area contributed by atoms with E-state index < -0.39 is 0 Å². The summed E-state index contributed by atoms with van der Waals surface area (Å²) in [5.74, 6) is 0. The molecule has 2 aliphatic heterocycles. The summed E-state index contributed by atoms with van der Waals surface area (Å²) in [5.41, 5.74) is 0. The van der Waals surface area contributed by atoms with E-state index in [0.717, 1.165) is 0 Å². The van der Waals surface area contributed by atoms with Crippen molar-refractivity contribution in [1.29, 1.82) is 0 Å². The van der Waals surface area contributed by atoms with Gasteiger partial charge in [0.05, 0.1) is 6.26 Å². The summed E-state index contributed by atoms with van der Waals surface area (Å²) in [4.78, 5) is 9.62. The Hall–Kier alpha value is -0.800. The normalized spacial score (nSPS) is 36.8. The van der Waals surface area contributed by atoms with Crippen molar-refractivity contribution in [2.24, 2.45) is 0 Å². The van der Waals surface area contributed by atoms with Crippen LogP contribution in [0.15, 0.2) is 24.5 Å². The average molecular weight is 140 g/mol. The fourth-order valence-electron chi connectivity index (χ4n) is 0.980. The maximum atomic E-state index is 5.23. The zero-order valence-electron chi connectivity index (χ0n) is 5.40. The van der Waals surface area contributed by atoms with E-state index in [4.69, 9.17) is 14.5 Å². The van der Waals surface area contributed by atoms with Gasteiger partial charge in [0.15, 0.2) is 12.2 Å². The quantitative estimate of drug-likeness (QED) is 0.465. The van der Waals surface area contributed by atoms with Gasteiger partial charge in [-0.2, -0.15) is 0 Å². The van der Waals surface area contributed by atoms with Gasteiger partial charge in [-0.25, -0.2) is 9.78 Å². The number of ether oxygens (including phenoxy) is 1. The summed E-state index contributed by atoms with van der Waals surface area (Å²) < 4.78 is 5.23. The van der Waals surface area contributed by atoms with Gasteiger partial charge in [-0.05, 0) is 12.2 Å². The Morgan fingerprint density at radius 3 is 3.30 bits per heavy atom. The molecule has 0 aromatic heterocycles. The van der Waals surface area contributed by atoms with Gasteiger partial charge in [0.2, 0.25) is 0 Å². The predicted molar refractivity (Wildman–Crippen MR) is 34.0 cm³/mol.